The molecule has 2 heterocycles. The molecule has 26 heavy (non-hydrogen) atoms. The molecule has 0 saturated carbocycles. The first-order chi connectivity index (χ1) is 12.5. The smallest absolute Gasteiger partial charge is 0.316 e. The minimum atomic E-state index is -0.698. The first-order valence-electron chi connectivity index (χ1n) is 8.51. The van der Waals surface area contributed by atoms with Crippen molar-refractivity contribution in [2.24, 2.45) is 5.73 Å². The molecular weight excluding hydrogens is 372 g/mol. The van der Waals surface area contributed by atoms with Crippen LogP contribution in [0.4, 0.5) is 10.5 Å². The number of hydrogen-bond acceptors (Lipinski definition) is 4. The Labute approximate surface area is 161 Å². The van der Waals surface area contributed by atoms with Crippen molar-refractivity contribution < 1.29 is 9.59 Å². The van der Waals surface area contributed by atoms with Gasteiger partial charge in [0.25, 0.3) is 5.91 Å². The number of hydrogen-bond donors (Lipinski definition) is 4. The molecule has 1 aliphatic heterocycles. The van der Waals surface area contributed by atoms with Crippen molar-refractivity contribution in [3.05, 3.63) is 40.2 Å². The normalized spacial score (nSPS) is 17.3. The van der Waals surface area contributed by atoms with E-state index in [-0.39, 0.29) is 11.9 Å². The minimum absolute atomic E-state index is 0.0764. The van der Waals surface area contributed by atoms with E-state index in [0.29, 0.717) is 15.6 Å². The number of nitrogens with one attached hydrogen (secondary N) is 3. The Morgan fingerprint density at radius 3 is 2.73 bits per heavy atom. The molecule has 0 bridgehead atoms. The molecule has 0 radical (unpaired) electrons. The number of anilines is 1. The predicted octanol–water partition coefficient (Wildman–Crippen LogP) is 3.43. The number of urea groups is 1. The predicted molar refractivity (Wildman–Crippen MR) is 106 cm³/mol. The molecule has 1 aliphatic rings. The number of carbonyl (C=O) groups is 2. The summed E-state index contributed by atoms with van der Waals surface area (Å²) >= 11 is 7.25. The largest absolute Gasteiger partial charge is 0.351 e. The van der Waals surface area contributed by atoms with Gasteiger partial charge in [0.1, 0.15) is 4.88 Å². The topological polar surface area (TPSA) is 96.2 Å². The van der Waals surface area contributed by atoms with Crippen molar-refractivity contribution in [3.8, 4) is 10.4 Å². The number of primary amides is 1. The van der Waals surface area contributed by atoms with Crippen LogP contribution >= 0.6 is 22.9 Å². The molecule has 0 aliphatic carbocycles. The Hall–Kier alpha value is -2.09. The van der Waals surface area contributed by atoms with Gasteiger partial charge in [0.2, 0.25) is 0 Å². The summed E-state index contributed by atoms with van der Waals surface area (Å²) in [4.78, 5) is 25.4. The lowest BCUT2D eigenvalue weighted by Crippen LogP contribution is -2.40. The van der Waals surface area contributed by atoms with Crippen molar-refractivity contribution in [2.45, 2.75) is 25.3 Å². The van der Waals surface area contributed by atoms with Crippen molar-refractivity contribution in [1.82, 2.24) is 10.6 Å². The van der Waals surface area contributed by atoms with Crippen LogP contribution < -0.4 is 21.7 Å². The van der Waals surface area contributed by atoms with Crippen molar-refractivity contribution in [3.63, 3.8) is 0 Å². The van der Waals surface area contributed by atoms with Gasteiger partial charge in [0.15, 0.2) is 0 Å². The van der Waals surface area contributed by atoms with E-state index < -0.39 is 6.03 Å². The standard InChI is InChI=1S/C18H21ClN4O2S/c19-12-6-4-11(5-7-12)15-9-14(23-18(20)25)16(26-15)17(24)22-13-3-1-2-8-21-10-13/h4-7,9,13,21H,1-3,8,10H2,(H,22,24)(H3,20,23,25)/t13-/m0/s1. The van der Waals surface area contributed by atoms with Gasteiger partial charge in [-0.2, -0.15) is 0 Å². The Balaban J connectivity index is 1.84. The monoisotopic (exact) mass is 392 g/mol. The molecule has 3 amide bonds. The van der Waals surface area contributed by atoms with E-state index in [2.05, 4.69) is 16.0 Å². The number of halogens is 1. The SMILES string of the molecule is NC(=O)Nc1cc(-c2ccc(Cl)cc2)sc1C(=O)N[C@H]1CCCCNC1. The van der Waals surface area contributed by atoms with Crippen LogP contribution in [0.15, 0.2) is 30.3 Å². The molecule has 1 fully saturated rings. The Morgan fingerprint density at radius 1 is 1.23 bits per heavy atom. The van der Waals surface area contributed by atoms with Gasteiger partial charge in [-0.05, 0) is 43.1 Å². The van der Waals surface area contributed by atoms with Crippen LogP contribution in [0.1, 0.15) is 28.9 Å². The van der Waals surface area contributed by atoms with Gasteiger partial charge in [-0.3, -0.25) is 4.79 Å². The average Bonchev–Trinajstić information content (AvgIpc) is 2.84. The third-order valence-electron chi connectivity index (χ3n) is 4.21. The molecule has 1 atom stereocenters. The van der Waals surface area contributed by atoms with Crippen molar-refractivity contribution in [2.75, 3.05) is 18.4 Å². The van der Waals surface area contributed by atoms with Crippen LogP contribution in [0.3, 0.4) is 0 Å². The first kappa shape index (κ1) is 18.7. The summed E-state index contributed by atoms with van der Waals surface area (Å²) in [5.41, 5.74) is 6.60. The minimum Gasteiger partial charge on any atom is -0.351 e. The highest BCUT2D eigenvalue weighted by molar-refractivity contribution is 7.18. The van der Waals surface area contributed by atoms with Gasteiger partial charge in [-0.15, -0.1) is 11.3 Å². The lowest BCUT2D eigenvalue weighted by Gasteiger charge is -2.16. The van der Waals surface area contributed by atoms with E-state index >= 15 is 0 Å². The first-order valence-corrected chi connectivity index (χ1v) is 9.70. The molecule has 5 N–H and O–H groups in total. The summed E-state index contributed by atoms with van der Waals surface area (Å²) in [7, 11) is 0. The number of nitrogens with two attached hydrogens (primary N) is 1. The van der Waals surface area contributed by atoms with Crippen molar-refractivity contribution in [1.29, 1.82) is 0 Å². The quantitative estimate of drug-likeness (QED) is 0.641. The molecule has 3 rings (SSSR count). The Kier molecular flexibility index (Phi) is 6.13. The van der Waals surface area contributed by atoms with Crippen LogP contribution in [0, 0.1) is 0 Å². The summed E-state index contributed by atoms with van der Waals surface area (Å²) < 4.78 is 0. The summed E-state index contributed by atoms with van der Waals surface area (Å²) in [5, 5.41) is 9.57. The molecule has 1 aromatic carbocycles. The van der Waals surface area contributed by atoms with Gasteiger partial charge < -0.3 is 21.7 Å². The maximum Gasteiger partial charge on any atom is 0.316 e. The van der Waals surface area contributed by atoms with Crippen LogP contribution in [-0.2, 0) is 0 Å². The molecule has 1 aromatic heterocycles. The fourth-order valence-corrected chi connectivity index (χ4v) is 4.08. The van der Waals surface area contributed by atoms with E-state index in [4.69, 9.17) is 17.3 Å². The van der Waals surface area contributed by atoms with E-state index in [1.165, 1.54) is 11.3 Å². The number of rotatable bonds is 4. The third kappa shape index (κ3) is 4.75. The second-order valence-electron chi connectivity index (χ2n) is 6.22. The van der Waals surface area contributed by atoms with Crippen LogP contribution in [0.2, 0.25) is 5.02 Å². The number of thiophene rings is 1. The zero-order valence-electron chi connectivity index (χ0n) is 14.2. The Bertz CT molecular complexity index is 783. The average molecular weight is 393 g/mol. The maximum absolute atomic E-state index is 12.8. The molecule has 138 valence electrons. The molecule has 0 unspecified atom stereocenters. The van der Waals surface area contributed by atoms with Gasteiger partial charge in [0, 0.05) is 22.5 Å². The van der Waals surface area contributed by atoms with E-state index in [1.54, 1.807) is 18.2 Å². The molecule has 0 spiro atoms. The highest BCUT2D eigenvalue weighted by Crippen LogP contribution is 2.35. The zero-order valence-corrected chi connectivity index (χ0v) is 15.8. The van der Waals surface area contributed by atoms with Crippen LogP contribution in [0.5, 0.6) is 0 Å². The molecule has 6 nitrogen and oxygen atoms in total. The molecule has 1 saturated heterocycles. The fourth-order valence-electron chi connectivity index (χ4n) is 2.93. The lowest BCUT2D eigenvalue weighted by atomic mass is 10.1. The van der Waals surface area contributed by atoms with E-state index in [1.807, 2.05) is 12.1 Å². The van der Waals surface area contributed by atoms with Crippen LogP contribution in [-0.4, -0.2) is 31.1 Å². The summed E-state index contributed by atoms with van der Waals surface area (Å²) in [6, 6.07) is 8.46. The van der Waals surface area contributed by atoms with E-state index in [0.717, 1.165) is 42.8 Å². The van der Waals surface area contributed by atoms with Gasteiger partial charge in [-0.1, -0.05) is 30.2 Å². The van der Waals surface area contributed by atoms with Gasteiger partial charge in [-0.25, -0.2) is 4.79 Å². The summed E-state index contributed by atoms with van der Waals surface area (Å²) in [5.74, 6) is -0.201. The van der Waals surface area contributed by atoms with Gasteiger partial charge in [0.05, 0.1) is 5.69 Å². The van der Waals surface area contributed by atoms with Crippen LogP contribution in [0.25, 0.3) is 10.4 Å². The zero-order chi connectivity index (χ0) is 18.5. The molecule has 8 heteroatoms. The van der Waals surface area contributed by atoms with Crippen molar-refractivity contribution >= 4 is 40.6 Å². The highest BCUT2D eigenvalue weighted by atomic mass is 35.5. The molecule has 2 aromatic rings. The lowest BCUT2D eigenvalue weighted by molar-refractivity contribution is 0.0940. The summed E-state index contributed by atoms with van der Waals surface area (Å²) in [6.45, 7) is 1.72. The van der Waals surface area contributed by atoms with Gasteiger partial charge >= 0.3 is 6.03 Å². The molecular formula is C18H21ClN4O2S. The second kappa shape index (κ2) is 8.53. The fraction of sp³-hybridized carbons (Fsp3) is 0.333. The second-order valence-corrected chi connectivity index (χ2v) is 7.71. The third-order valence-corrected chi connectivity index (χ3v) is 5.64. The number of benzene rings is 1. The number of amides is 3. The van der Waals surface area contributed by atoms with E-state index in [9.17, 15) is 9.59 Å². The Morgan fingerprint density at radius 2 is 2.00 bits per heavy atom. The maximum atomic E-state index is 12.8. The number of carbonyl (C=O) groups excluding carboxylic acids is 2. The summed E-state index contributed by atoms with van der Waals surface area (Å²) in [6.07, 6.45) is 3.12. The highest BCUT2D eigenvalue weighted by Gasteiger charge is 2.21.